The Balaban J connectivity index is 2.03. The average Bonchev–Trinajstić information content (AvgIpc) is 2.47. The van der Waals surface area contributed by atoms with Gasteiger partial charge in [-0.3, -0.25) is 0 Å². The van der Waals surface area contributed by atoms with Crippen LogP contribution in [0.4, 0.5) is 8.78 Å². The van der Waals surface area contributed by atoms with E-state index in [1.807, 2.05) is 6.07 Å². The van der Waals surface area contributed by atoms with E-state index in [4.69, 9.17) is 9.84 Å². The van der Waals surface area contributed by atoms with E-state index >= 15 is 0 Å². The molecule has 1 N–H and O–H groups in total. The first-order chi connectivity index (χ1) is 10.2. The summed E-state index contributed by atoms with van der Waals surface area (Å²) in [5.41, 5.74) is 1.04. The van der Waals surface area contributed by atoms with Gasteiger partial charge in [-0.25, -0.2) is 8.78 Å². The van der Waals surface area contributed by atoms with Crippen molar-refractivity contribution in [3.8, 4) is 17.6 Å². The molecule has 0 radical (unpaired) electrons. The largest absolute Gasteiger partial charge is 0.489 e. The smallest absolute Gasteiger partial charge is 0.132 e. The molecule has 2 rings (SSSR count). The summed E-state index contributed by atoms with van der Waals surface area (Å²) in [7, 11) is 0. The zero-order valence-corrected chi connectivity index (χ0v) is 11.3. The fraction of sp³-hybridized carbons (Fsp3) is 0.176. The van der Waals surface area contributed by atoms with Crippen LogP contribution < -0.4 is 4.74 Å². The van der Waals surface area contributed by atoms with E-state index in [0.29, 0.717) is 12.2 Å². The van der Waals surface area contributed by atoms with E-state index < -0.39 is 11.6 Å². The Bertz CT molecular complexity index is 672. The lowest BCUT2D eigenvalue weighted by molar-refractivity contribution is 0.299. The van der Waals surface area contributed by atoms with Gasteiger partial charge in [-0.15, -0.1) is 0 Å². The Morgan fingerprint density at radius 1 is 1.10 bits per heavy atom. The quantitative estimate of drug-likeness (QED) is 0.875. The summed E-state index contributed by atoms with van der Waals surface area (Å²) < 4.78 is 31.7. The van der Waals surface area contributed by atoms with Gasteiger partial charge in [0.15, 0.2) is 0 Å². The predicted octanol–water partition coefficient (Wildman–Crippen LogP) is 3.28. The van der Waals surface area contributed by atoms with Crippen molar-refractivity contribution in [2.75, 3.05) is 6.61 Å². The minimum Gasteiger partial charge on any atom is -0.489 e. The van der Waals surface area contributed by atoms with E-state index in [0.717, 1.165) is 11.6 Å². The zero-order valence-electron chi connectivity index (χ0n) is 11.3. The van der Waals surface area contributed by atoms with Crippen molar-refractivity contribution in [2.45, 2.75) is 13.0 Å². The number of aliphatic hydroxyl groups is 1. The maximum Gasteiger partial charge on any atom is 0.132 e. The number of benzene rings is 2. The van der Waals surface area contributed by atoms with Crippen LogP contribution in [0.5, 0.6) is 5.75 Å². The third kappa shape index (κ3) is 4.59. The van der Waals surface area contributed by atoms with Crippen LogP contribution in [0.3, 0.4) is 0 Å². The van der Waals surface area contributed by atoms with Crippen LogP contribution in [-0.2, 0) is 6.61 Å². The number of hydrogen-bond acceptors (Lipinski definition) is 2. The number of aliphatic hydroxyl groups excluding tert-OH is 1. The molecule has 0 amide bonds. The summed E-state index contributed by atoms with van der Waals surface area (Å²) in [5.74, 6) is 5.01. The predicted molar refractivity (Wildman–Crippen MR) is 75.7 cm³/mol. The monoisotopic (exact) mass is 288 g/mol. The molecule has 108 valence electrons. The first kappa shape index (κ1) is 15.0. The summed E-state index contributed by atoms with van der Waals surface area (Å²) >= 11 is 0. The highest BCUT2D eigenvalue weighted by molar-refractivity contribution is 5.39. The van der Waals surface area contributed by atoms with Gasteiger partial charge in [0.2, 0.25) is 0 Å². The van der Waals surface area contributed by atoms with Crippen LogP contribution in [0, 0.1) is 23.5 Å². The number of hydrogen-bond donors (Lipinski definition) is 1. The SMILES string of the molecule is OCCC#Cc1cccc(OCc2ccc(F)cc2F)c1. The zero-order chi connectivity index (χ0) is 15.1. The van der Waals surface area contributed by atoms with Crippen LogP contribution in [0.1, 0.15) is 17.5 Å². The van der Waals surface area contributed by atoms with E-state index in [-0.39, 0.29) is 18.8 Å². The van der Waals surface area contributed by atoms with Crippen molar-refractivity contribution in [2.24, 2.45) is 0 Å². The van der Waals surface area contributed by atoms with E-state index in [1.54, 1.807) is 18.2 Å². The fourth-order valence-corrected chi connectivity index (χ4v) is 1.68. The Kier molecular flexibility index (Phi) is 5.30. The highest BCUT2D eigenvalue weighted by Crippen LogP contribution is 2.16. The third-order valence-corrected chi connectivity index (χ3v) is 2.71. The standard InChI is InChI=1S/C17H14F2O2/c18-15-8-7-14(17(19)11-15)12-21-16-6-3-5-13(10-16)4-1-2-9-20/h3,5-8,10-11,20H,2,9,12H2. The average molecular weight is 288 g/mol. The molecule has 0 aliphatic heterocycles. The molecular formula is C17H14F2O2. The van der Waals surface area contributed by atoms with Crippen molar-refractivity contribution >= 4 is 0 Å². The van der Waals surface area contributed by atoms with E-state index in [9.17, 15) is 8.78 Å². The molecule has 0 fully saturated rings. The highest BCUT2D eigenvalue weighted by Gasteiger charge is 2.04. The van der Waals surface area contributed by atoms with Crippen LogP contribution in [0.15, 0.2) is 42.5 Å². The van der Waals surface area contributed by atoms with Crippen molar-refractivity contribution in [1.29, 1.82) is 0 Å². The van der Waals surface area contributed by atoms with Gasteiger partial charge in [0.25, 0.3) is 0 Å². The molecule has 0 spiro atoms. The van der Waals surface area contributed by atoms with Crippen LogP contribution in [-0.4, -0.2) is 11.7 Å². The summed E-state index contributed by atoms with van der Waals surface area (Å²) in [4.78, 5) is 0. The molecule has 0 aromatic heterocycles. The Hall–Kier alpha value is -2.38. The lowest BCUT2D eigenvalue weighted by Crippen LogP contribution is -1.99. The lowest BCUT2D eigenvalue weighted by Gasteiger charge is -2.07. The van der Waals surface area contributed by atoms with Gasteiger partial charge < -0.3 is 9.84 Å². The molecule has 21 heavy (non-hydrogen) atoms. The van der Waals surface area contributed by atoms with Crippen molar-refractivity contribution < 1.29 is 18.6 Å². The molecule has 4 heteroatoms. The maximum atomic E-state index is 13.5. The van der Waals surface area contributed by atoms with Gasteiger partial charge in [0, 0.05) is 23.6 Å². The van der Waals surface area contributed by atoms with Crippen LogP contribution in [0.25, 0.3) is 0 Å². The first-order valence-corrected chi connectivity index (χ1v) is 6.45. The van der Waals surface area contributed by atoms with Crippen LogP contribution in [0.2, 0.25) is 0 Å². The molecule has 2 aromatic rings. The summed E-state index contributed by atoms with van der Waals surface area (Å²) in [6.07, 6.45) is 0.409. The Labute approximate surface area is 122 Å². The molecule has 0 unspecified atom stereocenters. The second kappa shape index (κ2) is 7.41. The van der Waals surface area contributed by atoms with E-state index in [1.165, 1.54) is 12.1 Å². The van der Waals surface area contributed by atoms with Gasteiger partial charge in [-0.2, -0.15) is 0 Å². The summed E-state index contributed by atoms with van der Waals surface area (Å²) in [5, 5.41) is 8.67. The molecule has 0 aliphatic rings. The van der Waals surface area contributed by atoms with Gasteiger partial charge >= 0.3 is 0 Å². The topological polar surface area (TPSA) is 29.5 Å². The lowest BCUT2D eigenvalue weighted by atomic mass is 10.2. The molecule has 0 aliphatic carbocycles. The minimum atomic E-state index is -0.631. The molecular weight excluding hydrogens is 274 g/mol. The van der Waals surface area contributed by atoms with Crippen LogP contribution >= 0.6 is 0 Å². The minimum absolute atomic E-state index is 0.0135. The van der Waals surface area contributed by atoms with Gasteiger partial charge in [0.05, 0.1) is 6.61 Å². The van der Waals surface area contributed by atoms with Gasteiger partial charge in [-0.1, -0.05) is 17.9 Å². The van der Waals surface area contributed by atoms with Gasteiger partial charge in [-0.05, 0) is 30.3 Å². The first-order valence-electron chi connectivity index (χ1n) is 6.45. The summed E-state index contributed by atoms with van der Waals surface area (Å²) in [6, 6.07) is 10.4. The number of ether oxygens (including phenoxy) is 1. The maximum absolute atomic E-state index is 13.5. The highest BCUT2D eigenvalue weighted by atomic mass is 19.1. The normalized spacial score (nSPS) is 9.86. The molecule has 0 heterocycles. The van der Waals surface area contributed by atoms with Crippen molar-refractivity contribution in [1.82, 2.24) is 0 Å². The third-order valence-electron chi connectivity index (χ3n) is 2.71. The fourth-order valence-electron chi connectivity index (χ4n) is 1.68. The Morgan fingerprint density at radius 2 is 1.95 bits per heavy atom. The molecule has 0 atom stereocenters. The summed E-state index contributed by atoms with van der Waals surface area (Å²) in [6.45, 7) is 0.0344. The van der Waals surface area contributed by atoms with E-state index in [2.05, 4.69) is 11.8 Å². The van der Waals surface area contributed by atoms with Gasteiger partial charge in [0.1, 0.15) is 24.0 Å². The second-order valence-corrected chi connectivity index (χ2v) is 4.33. The second-order valence-electron chi connectivity index (χ2n) is 4.33. The molecule has 0 saturated heterocycles. The molecule has 2 aromatic carbocycles. The molecule has 0 saturated carbocycles. The number of rotatable bonds is 4. The number of halogens is 2. The molecule has 0 bridgehead atoms. The Morgan fingerprint density at radius 3 is 2.71 bits per heavy atom. The van der Waals surface area contributed by atoms with Crippen molar-refractivity contribution in [3.05, 3.63) is 65.2 Å². The molecule has 2 nitrogen and oxygen atoms in total. The van der Waals surface area contributed by atoms with Crippen molar-refractivity contribution in [3.63, 3.8) is 0 Å².